The largest absolute Gasteiger partial charge is 0.373 e. The van der Waals surface area contributed by atoms with E-state index >= 15 is 0 Å². The Kier molecular flexibility index (Phi) is 4.41. The van der Waals surface area contributed by atoms with E-state index in [4.69, 9.17) is 4.74 Å². The highest BCUT2D eigenvalue weighted by molar-refractivity contribution is 7.10. The zero-order valence-electron chi connectivity index (χ0n) is 14.0. The Morgan fingerprint density at radius 2 is 2.42 bits per heavy atom. The highest BCUT2D eigenvalue weighted by Crippen LogP contribution is 2.34. The average molecular weight is 345 g/mol. The minimum Gasteiger partial charge on any atom is -0.373 e. The third-order valence-corrected chi connectivity index (χ3v) is 5.99. The van der Waals surface area contributed by atoms with E-state index < -0.39 is 0 Å². The van der Waals surface area contributed by atoms with Crippen LogP contribution in [0.5, 0.6) is 0 Å². The summed E-state index contributed by atoms with van der Waals surface area (Å²) in [5, 5.41) is 6.47. The number of ether oxygens (including phenoxy) is 1. The fraction of sp³-hybridized carbons (Fsp3) is 0.556. The van der Waals surface area contributed by atoms with Crippen molar-refractivity contribution in [3.05, 3.63) is 39.8 Å². The molecule has 0 radical (unpaired) electrons. The quantitative estimate of drug-likeness (QED) is 0.856. The van der Waals surface area contributed by atoms with E-state index in [1.54, 1.807) is 11.3 Å². The van der Waals surface area contributed by atoms with Crippen molar-refractivity contribution in [1.29, 1.82) is 0 Å². The summed E-state index contributed by atoms with van der Waals surface area (Å²) in [5.74, 6) is 0.213. The van der Waals surface area contributed by atoms with Crippen LogP contribution in [0.25, 0.3) is 0 Å². The second-order valence-electron chi connectivity index (χ2n) is 6.74. The molecule has 24 heavy (non-hydrogen) atoms. The number of fused-ring (bicyclic) bond motifs is 1. The number of amides is 1. The lowest BCUT2D eigenvalue weighted by Gasteiger charge is -2.28. The molecule has 5 nitrogen and oxygen atoms in total. The molecule has 1 amide bonds. The Balaban J connectivity index is 1.42. The lowest BCUT2D eigenvalue weighted by atomic mass is 10.0. The molecule has 6 heteroatoms. The number of carbonyl (C=O) groups excluding carboxylic acids is 1. The average Bonchev–Trinajstić information content (AvgIpc) is 3.29. The molecule has 128 valence electrons. The van der Waals surface area contributed by atoms with Crippen molar-refractivity contribution in [1.82, 2.24) is 14.7 Å². The van der Waals surface area contributed by atoms with Crippen LogP contribution in [0.4, 0.5) is 0 Å². The maximum absolute atomic E-state index is 12.9. The smallest absolute Gasteiger partial charge is 0.225 e. The Bertz CT molecular complexity index is 723. The normalized spacial score (nSPS) is 23.5. The van der Waals surface area contributed by atoms with Crippen LogP contribution in [-0.4, -0.2) is 39.8 Å². The topological polar surface area (TPSA) is 47.4 Å². The zero-order chi connectivity index (χ0) is 16.5. The van der Waals surface area contributed by atoms with Crippen LogP contribution in [0.15, 0.2) is 23.8 Å². The first-order valence-electron chi connectivity index (χ1n) is 8.67. The van der Waals surface area contributed by atoms with Gasteiger partial charge in [-0.3, -0.25) is 9.48 Å². The molecule has 0 unspecified atom stereocenters. The maximum Gasteiger partial charge on any atom is 0.225 e. The summed E-state index contributed by atoms with van der Waals surface area (Å²) in [6.45, 7) is 4.41. The number of carbonyl (C=O) groups is 1. The SMILES string of the molecule is Cc1cnn(C[C@@H]2CCCN2C(=O)C[C@@H]2OCCc3sccc32)c1. The van der Waals surface area contributed by atoms with E-state index in [-0.39, 0.29) is 18.1 Å². The highest BCUT2D eigenvalue weighted by Gasteiger charge is 2.32. The van der Waals surface area contributed by atoms with Gasteiger partial charge in [-0.05, 0) is 42.3 Å². The first-order valence-corrected chi connectivity index (χ1v) is 9.55. The molecule has 2 aliphatic rings. The van der Waals surface area contributed by atoms with Crippen molar-refractivity contribution in [2.45, 2.75) is 51.3 Å². The molecule has 0 bridgehead atoms. The Hall–Kier alpha value is -1.66. The molecule has 2 aromatic heterocycles. The molecule has 0 aliphatic carbocycles. The summed E-state index contributed by atoms with van der Waals surface area (Å²) >= 11 is 1.78. The van der Waals surface area contributed by atoms with E-state index in [0.717, 1.165) is 44.5 Å². The molecular formula is C18H23N3O2S. The van der Waals surface area contributed by atoms with Crippen LogP contribution < -0.4 is 0 Å². The van der Waals surface area contributed by atoms with Crippen molar-refractivity contribution in [2.75, 3.05) is 13.2 Å². The molecule has 4 heterocycles. The minimum atomic E-state index is -0.0688. The summed E-state index contributed by atoms with van der Waals surface area (Å²) in [5.41, 5.74) is 2.38. The first kappa shape index (κ1) is 15.8. The lowest BCUT2D eigenvalue weighted by Crippen LogP contribution is -2.39. The van der Waals surface area contributed by atoms with Gasteiger partial charge in [-0.15, -0.1) is 11.3 Å². The van der Waals surface area contributed by atoms with Gasteiger partial charge in [0.15, 0.2) is 0 Å². The zero-order valence-corrected chi connectivity index (χ0v) is 14.8. The molecule has 0 saturated carbocycles. The van der Waals surface area contributed by atoms with Gasteiger partial charge < -0.3 is 9.64 Å². The van der Waals surface area contributed by atoms with Gasteiger partial charge in [-0.1, -0.05) is 0 Å². The molecule has 2 aliphatic heterocycles. The molecule has 0 aromatic carbocycles. The lowest BCUT2D eigenvalue weighted by molar-refractivity contribution is -0.135. The van der Waals surface area contributed by atoms with E-state index in [1.807, 2.05) is 28.9 Å². The third-order valence-electron chi connectivity index (χ3n) is 4.99. The van der Waals surface area contributed by atoms with Crippen molar-refractivity contribution < 1.29 is 9.53 Å². The third kappa shape index (κ3) is 3.13. The maximum atomic E-state index is 12.9. The number of hydrogen-bond donors (Lipinski definition) is 0. The van der Waals surface area contributed by atoms with Crippen LogP contribution in [0.3, 0.4) is 0 Å². The molecule has 4 rings (SSSR count). The van der Waals surface area contributed by atoms with Gasteiger partial charge in [-0.25, -0.2) is 0 Å². The summed E-state index contributed by atoms with van der Waals surface area (Å²) in [7, 11) is 0. The molecule has 1 fully saturated rings. The van der Waals surface area contributed by atoms with E-state index in [0.29, 0.717) is 6.42 Å². The van der Waals surface area contributed by atoms with Gasteiger partial charge in [0, 0.05) is 24.0 Å². The van der Waals surface area contributed by atoms with Gasteiger partial charge in [0.25, 0.3) is 0 Å². The number of rotatable bonds is 4. The van der Waals surface area contributed by atoms with Gasteiger partial charge in [0.1, 0.15) is 0 Å². The summed E-state index contributed by atoms with van der Waals surface area (Å²) in [6.07, 6.45) is 7.41. The van der Waals surface area contributed by atoms with E-state index in [1.165, 1.54) is 10.4 Å². The van der Waals surface area contributed by atoms with Crippen LogP contribution in [0.1, 0.15) is 41.4 Å². The highest BCUT2D eigenvalue weighted by atomic mass is 32.1. The number of hydrogen-bond acceptors (Lipinski definition) is 4. The standard InChI is InChI=1S/C18H23N3O2S/c1-13-10-19-20(11-13)12-14-3-2-6-21(14)18(22)9-16-15-5-8-24-17(15)4-7-23-16/h5,8,10-11,14,16H,2-4,6-7,9,12H2,1H3/t14-,16-/m0/s1. The Morgan fingerprint density at radius 1 is 1.50 bits per heavy atom. The fourth-order valence-electron chi connectivity index (χ4n) is 3.81. The molecule has 2 aromatic rings. The van der Waals surface area contributed by atoms with Gasteiger partial charge >= 0.3 is 0 Å². The first-order chi connectivity index (χ1) is 11.7. The van der Waals surface area contributed by atoms with E-state index in [2.05, 4.69) is 16.5 Å². The van der Waals surface area contributed by atoms with Gasteiger partial charge in [0.05, 0.1) is 37.9 Å². The number of likely N-dealkylation sites (tertiary alicyclic amines) is 1. The van der Waals surface area contributed by atoms with Crippen LogP contribution in [-0.2, 0) is 22.5 Å². The Labute approximate surface area is 146 Å². The molecular weight excluding hydrogens is 322 g/mol. The van der Waals surface area contributed by atoms with Gasteiger partial charge in [0.2, 0.25) is 5.91 Å². The number of aryl methyl sites for hydroxylation is 1. The molecule has 0 spiro atoms. The molecule has 2 atom stereocenters. The van der Waals surface area contributed by atoms with Crippen LogP contribution in [0, 0.1) is 6.92 Å². The number of aromatic nitrogens is 2. The van der Waals surface area contributed by atoms with Crippen molar-refractivity contribution in [3.8, 4) is 0 Å². The fourth-order valence-corrected chi connectivity index (χ4v) is 4.72. The van der Waals surface area contributed by atoms with Crippen molar-refractivity contribution >= 4 is 17.2 Å². The summed E-state index contributed by atoms with van der Waals surface area (Å²) in [6, 6.07) is 2.37. The predicted molar refractivity (Wildman–Crippen MR) is 93.0 cm³/mol. The summed E-state index contributed by atoms with van der Waals surface area (Å²) in [4.78, 5) is 16.3. The van der Waals surface area contributed by atoms with Crippen molar-refractivity contribution in [3.63, 3.8) is 0 Å². The van der Waals surface area contributed by atoms with E-state index in [9.17, 15) is 4.79 Å². The van der Waals surface area contributed by atoms with Crippen LogP contribution >= 0.6 is 11.3 Å². The predicted octanol–water partition coefficient (Wildman–Crippen LogP) is 2.95. The number of nitrogens with zero attached hydrogens (tertiary/aromatic N) is 3. The second kappa shape index (κ2) is 6.69. The van der Waals surface area contributed by atoms with Crippen LogP contribution in [0.2, 0.25) is 0 Å². The molecule has 0 N–H and O–H groups in total. The van der Waals surface area contributed by atoms with Crippen molar-refractivity contribution in [2.24, 2.45) is 0 Å². The number of thiophene rings is 1. The van der Waals surface area contributed by atoms with Gasteiger partial charge in [-0.2, -0.15) is 5.10 Å². The second-order valence-corrected chi connectivity index (χ2v) is 7.74. The molecule has 1 saturated heterocycles. The monoisotopic (exact) mass is 345 g/mol. The Morgan fingerprint density at radius 3 is 3.25 bits per heavy atom. The minimum absolute atomic E-state index is 0.0688. The summed E-state index contributed by atoms with van der Waals surface area (Å²) < 4.78 is 7.85.